The third kappa shape index (κ3) is 4.50. The highest BCUT2D eigenvalue weighted by atomic mass is 32.1. The fourth-order valence-corrected chi connectivity index (χ4v) is 4.01. The molecule has 1 N–H and O–H groups in total. The van der Waals surface area contributed by atoms with Gasteiger partial charge in [0.25, 0.3) is 5.91 Å². The molecule has 0 unspecified atom stereocenters. The lowest BCUT2D eigenvalue weighted by atomic mass is 10.1. The molecule has 2 aliphatic rings. The average Bonchev–Trinajstić information content (AvgIpc) is 3.42. The fraction of sp³-hybridized carbons (Fsp3) is 0.500. The molecule has 0 spiro atoms. The van der Waals surface area contributed by atoms with Crippen LogP contribution in [0.1, 0.15) is 58.1 Å². The number of thiazole rings is 1. The number of carbonyl (C=O) groups excluding carboxylic acids is 1. The van der Waals surface area contributed by atoms with Crippen LogP contribution in [-0.4, -0.2) is 30.2 Å². The Balaban J connectivity index is 1.30. The summed E-state index contributed by atoms with van der Waals surface area (Å²) in [7, 11) is 0. The van der Waals surface area contributed by atoms with E-state index in [2.05, 4.69) is 22.4 Å². The molecule has 1 saturated carbocycles. The van der Waals surface area contributed by atoms with E-state index in [-0.39, 0.29) is 5.91 Å². The first kappa shape index (κ1) is 17.6. The number of aromatic nitrogens is 1. The molecule has 138 valence electrons. The van der Waals surface area contributed by atoms with Crippen molar-refractivity contribution in [2.45, 2.75) is 50.9 Å². The highest BCUT2D eigenvalue weighted by Gasteiger charge is 2.30. The van der Waals surface area contributed by atoms with Crippen molar-refractivity contribution in [1.29, 1.82) is 0 Å². The lowest BCUT2D eigenvalue weighted by molar-refractivity contribution is -0.0390. The maximum atomic E-state index is 12.5. The number of hydrogen-bond acceptors (Lipinski definition) is 5. The van der Waals surface area contributed by atoms with Crippen molar-refractivity contribution in [2.75, 3.05) is 13.2 Å². The van der Waals surface area contributed by atoms with Crippen LogP contribution in [0.4, 0.5) is 0 Å². The summed E-state index contributed by atoms with van der Waals surface area (Å²) in [5, 5.41) is 3.03. The molecule has 0 radical (unpaired) electrons. The molecule has 0 atom stereocenters. The van der Waals surface area contributed by atoms with Crippen LogP contribution in [0, 0.1) is 0 Å². The largest absolute Gasteiger partial charge is 0.381 e. The lowest BCUT2D eigenvalue weighted by Crippen LogP contribution is -2.23. The van der Waals surface area contributed by atoms with E-state index in [1.807, 2.05) is 12.1 Å². The first-order valence-electron chi connectivity index (χ1n) is 9.28. The minimum Gasteiger partial charge on any atom is -0.381 e. The number of rotatable bonds is 7. The Morgan fingerprint density at radius 3 is 2.85 bits per heavy atom. The molecule has 2 aromatic rings. The Hall–Kier alpha value is -1.76. The summed E-state index contributed by atoms with van der Waals surface area (Å²) < 4.78 is 11.3. The number of nitrogens with one attached hydrogen (secondary N) is 1. The van der Waals surface area contributed by atoms with Gasteiger partial charge in [-0.05, 0) is 36.8 Å². The quantitative estimate of drug-likeness (QED) is 0.806. The number of ether oxygens (including phenoxy) is 2. The van der Waals surface area contributed by atoms with Crippen LogP contribution in [0.5, 0.6) is 0 Å². The molecule has 26 heavy (non-hydrogen) atoms. The zero-order valence-corrected chi connectivity index (χ0v) is 15.6. The Bertz CT molecular complexity index is 751. The van der Waals surface area contributed by atoms with Gasteiger partial charge in [-0.3, -0.25) is 4.79 Å². The first-order valence-corrected chi connectivity index (χ1v) is 10.2. The number of benzene rings is 1. The molecule has 1 aliphatic heterocycles. The van der Waals surface area contributed by atoms with E-state index in [0.29, 0.717) is 25.2 Å². The maximum absolute atomic E-state index is 12.5. The van der Waals surface area contributed by atoms with Crippen LogP contribution in [0.2, 0.25) is 0 Å². The zero-order valence-electron chi connectivity index (χ0n) is 14.8. The van der Waals surface area contributed by atoms with Crippen molar-refractivity contribution >= 4 is 17.2 Å². The molecular weight excluding hydrogens is 348 g/mol. The summed E-state index contributed by atoms with van der Waals surface area (Å²) in [6.07, 6.45) is 4.53. The molecule has 1 saturated heterocycles. The van der Waals surface area contributed by atoms with Crippen LogP contribution in [0.15, 0.2) is 29.8 Å². The highest BCUT2D eigenvalue weighted by Crippen LogP contribution is 2.41. The zero-order chi connectivity index (χ0) is 17.8. The monoisotopic (exact) mass is 372 g/mol. The van der Waals surface area contributed by atoms with E-state index in [4.69, 9.17) is 9.47 Å². The van der Waals surface area contributed by atoms with Crippen molar-refractivity contribution in [3.05, 3.63) is 51.5 Å². The number of amides is 1. The van der Waals surface area contributed by atoms with Gasteiger partial charge in [-0.15, -0.1) is 11.3 Å². The predicted molar refractivity (Wildman–Crippen MR) is 100 cm³/mol. The standard InChI is InChI=1S/C20H24N2O3S/c23-20(19-18(16-4-5-16)22-13-26-19)21-11-14-2-1-3-15(10-14)12-25-17-6-8-24-9-7-17/h1-3,10,13,16-17H,4-9,11-12H2,(H,21,23). The molecular formula is C20H24N2O3S. The minimum absolute atomic E-state index is 0.0155. The van der Waals surface area contributed by atoms with Gasteiger partial charge in [0.2, 0.25) is 0 Å². The van der Waals surface area contributed by atoms with Crippen molar-refractivity contribution in [2.24, 2.45) is 0 Å². The fourth-order valence-electron chi connectivity index (χ4n) is 3.22. The minimum atomic E-state index is -0.0155. The SMILES string of the molecule is O=C(NCc1cccc(COC2CCOCC2)c1)c1scnc1C1CC1. The average molecular weight is 372 g/mol. The molecule has 1 aromatic carbocycles. The van der Waals surface area contributed by atoms with Gasteiger partial charge in [-0.25, -0.2) is 4.98 Å². The van der Waals surface area contributed by atoms with Gasteiger partial charge in [-0.1, -0.05) is 24.3 Å². The smallest absolute Gasteiger partial charge is 0.263 e. The van der Waals surface area contributed by atoms with Gasteiger partial charge >= 0.3 is 0 Å². The summed E-state index contributed by atoms with van der Waals surface area (Å²) in [5.74, 6) is 0.478. The maximum Gasteiger partial charge on any atom is 0.263 e. The summed E-state index contributed by atoms with van der Waals surface area (Å²) >= 11 is 1.43. The van der Waals surface area contributed by atoms with Gasteiger partial charge in [-0.2, -0.15) is 0 Å². The number of carbonyl (C=O) groups is 1. The van der Waals surface area contributed by atoms with E-state index in [1.54, 1.807) is 5.51 Å². The topological polar surface area (TPSA) is 60.5 Å². The van der Waals surface area contributed by atoms with E-state index in [1.165, 1.54) is 11.3 Å². The van der Waals surface area contributed by atoms with Gasteiger partial charge in [0.1, 0.15) is 4.88 Å². The highest BCUT2D eigenvalue weighted by molar-refractivity contribution is 7.11. The van der Waals surface area contributed by atoms with Crippen molar-refractivity contribution < 1.29 is 14.3 Å². The predicted octanol–water partition coefficient (Wildman–Crippen LogP) is 3.65. The van der Waals surface area contributed by atoms with Crippen molar-refractivity contribution in [3.63, 3.8) is 0 Å². The van der Waals surface area contributed by atoms with Crippen LogP contribution in [0.25, 0.3) is 0 Å². The molecule has 5 nitrogen and oxygen atoms in total. The molecule has 6 heteroatoms. The van der Waals surface area contributed by atoms with Crippen molar-refractivity contribution in [1.82, 2.24) is 10.3 Å². The molecule has 1 aromatic heterocycles. The second kappa shape index (κ2) is 8.29. The Morgan fingerprint density at radius 2 is 2.04 bits per heavy atom. The van der Waals surface area contributed by atoms with Crippen LogP contribution >= 0.6 is 11.3 Å². The van der Waals surface area contributed by atoms with Gasteiger partial charge in [0.15, 0.2) is 0 Å². The Labute approximate surface area is 157 Å². The van der Waals surface area contributed by atoms with Crippen LogP contribution in [0.3, 0.4) is 0 Å². The molecule has 2 heterocycles. The van der Waals surface area contributed by atoms with E-state index in [0.717, 1.165) is 60.6 Å². The van der Waals surface area contributed by atoms with E-state index >= 15 is 0 Å². The number of nitrogens with zero attached hydrogens (tertiary/aromatic N) is 1. The van der Waals surface area contributed by atoms with Crippen LogP contribution in [-0.2, 0) is 22.6 Å². The molecule has 2 fully saturated rings. The normalized spacial score (nSPS) is 18.0. The molecule has 4 rings (SSSR count). The van der Waals surface area contributed by atoms with E-state index in [9.17, 15) is 4.79 Å². The van der Waals surface area contributed by atoms with E-state index < -0.39 is 0 Å². The third-order valence-corrected chi connectivity index (χ3v) is 5.70. The third-order valence-electron chi connectivity index (χ3n) is 4.86. The van der Waals surface area contributed by atoms with Gasteiger partial charge in [0.05, 0.1) is 23.9 Å². The number of hydrogen-bond donors (Lipinski definition) is 1. The Kier molecular flexibility index (Phi) is 5.62. The Morgan fingerprint density at radius 1 is 1.23 bits per heavy atom. The summed E-state index contributed by atoms with van der Waals surface area (Å²) in [6, 6.07) is 8.23. The summed E-state index contributed by atoms with van der Waals surface area (Å²) in [5.41, 5.74) is 4.98. The first-order chi connectivity index (χ1) is 12.8. The van der Waals surface area contributed by atoms with Gasteiger partial charge < -0.3 is 14.8 Å². The summed E-state index contributed by atoms with van der Waals surface area (Å²) in [6.45, 7) is 2.70. The molecule has 0 bridgehead atoms. The second-order valence-electron chi connectivity index (χ2n) is 6.97. The van der Waals surface area contributed by atoms with Crippen molar-refractivity contribution in [3.8, 4) is 0 Å². The molecule has 1 amide bonds. The summed E-state index contributed by atoms with van der Waals surface area (Å²) in [4.78, 5) is 17.6. The second-order valence-corrected chi connectivity index (χ2v) is 7.82. The lowest BCUT2D eigenvalue weighted by Gasteiger charge is -2.22. The molecule has 1 aliphatic carbocycles. The van der Waals surface area contributed by atoms with Gasteiger partial charge in [0, 0.05) is 25.7 Å². The van der Waals surface area contributed by atoms with Crippen LogP contribution < -0.4 is 5.32 Å².